The summed E-state index contributed by atoms with van der Waals surface area (Å²) in [6, 6.07) is 0. The molecular weight excluding hydrogens is 376 g/mol. The standard InChI is InChI=1S/C17H27BrN2O4/c1-9-10(2)13(19(14(21)22)15(23)24)20(17(6,7)8)12(11(9)18)16(3,4)5/h13H,1-8H3,(H,21,22)(H,23,24). The minimum Gasteiger partial charge on any atom is -0.464 e. The molecule has 0 saturated heterocycles. The lowest BCUT2D eigenvalue weighted by Crippen LogP contribution is -2.61. The van der Waals surface area contributed by atoms with Crippen molar-refractivity contribution in [2.75, 3.05) is 0 Å². The van der Waals surface area contributed by atoms with Gasteiger partial charge in [0.25, 0.3) is 0 Å². The first kappa shape index (κ1) is 20.5. The van der Waals surface area contributed by atoms with Gasteiger partial charge in [0.1, 0.15) is 6.17 Å². The van der Waals surface area contributed by atoms with Crippen molar-refractivity contribution in [3.8, 4) is 0 Å². The highest BCUT2D eigenvalue weighted by atomic mass is 79.9. The Hall–Kier alpha value is -1.50. The Labute approximate surface area is 151 Å². The van der Waals surface area contributed by atoms with Crippen molar-refractivity contribution in [1.82, 2.24) is 9.80 Å². The summed E-state index contributed by atoms with van der Waals surface area (Å²) in [5.74, 6) is 0. The maximum Gasteiger partial charge on any atom is 0.418 e. The van der Waals surface area contributed by atoms with Gasteiger partial charge in [-0.05, 0) is 61.7 Å². The fourth-order valence-electron chi connectivity index (χ4n) is 2.96. The number of carbonyl (C=O) groups is 2. The molecule has 0 saturated carbocycles. The molecule has 0 aliphatic carbocycles. The van der Waals surface area contributed by atoms with E-state index < -0.39 is 23.9 Å². The smallest absolute Gasteiger partial charge is 0.418 e. The Morgan fingerprint density at radius 1 is 1.04 bits per heavy atom. The molecule has 0 spiro atoms. The van der Waals surface area contributed by atoms with E-state index in [-0.39, 0.29) is 5.41 Å². The van der Waals surface area contributed by atoms with E-state index in [1.165, 1.54) is 0 Å². The average molecular weight is 403 g/mol. The largest absolute Gasteiger partial charge is 0.464 e. The summed E-state index contributed by atoms with van der Waals surface area (Å²) in [7, 11) is 0. The van der Waals surface area contributed by atoms with E-state index in [0.717, 1.165) is 15.8 Å². The first-order valence-electron chi connectivity index (χ1n) is 7.74. The second kappa shape index (κ2) is 6.43. The maximum atomic E-state index is 11.7. The molecule has 1 rings (SSSR count). The molecule has 0 radical (unpaired) electrons. The van der Waals surface area contributed by atoms with Crippen molar-refractivity contribution in [3.05, 3.63) is 21.3 Å². The van der Waals surface area contributed by atoms with E-state index in [2.05, 4.69) is 15.9 Å². The third-order valence-electron chi connectivity index (χ3n) is 4.09. The highest BCUT2D eigenvalue weighted by molar-refractivity contribution is 9.12. The van der Waals surface area contributed by atoms with E-state index >= 15 is 0 Å². The Bertz CT molecular complexity index is 609. The quantitative estimate of drug-likeness (QED) is 0.639. The van der Waals surface area contributed by atoms with Crippen molar-refractivity contribution in [2.24, 2.45) is 5.41 Å². The van der Waals surface area contributed by atoms with Crippen LogP contribution in [0.15, 0.2) is 21.3 Å². The highest BCUT2D eigenvalue weighted by Crippen LogP contribution is 2.46. The third-order valence-corrected chi connectivity index (χ3v) is 5.06. The molecule has 7 heteroatoms. The summed E-state index contributed by atoms with van der Waals surface area (Å²) in [5, 5.41) is 19.0. The van der Waals surface area contributed by atoms with Gasteiger partial charge in [0, 0.05) is 21.1 Å². The molecule has 0 aromatic carbocycles. The zero-order valence-corrected chi connectivity index (χ0v) is 17.1. The molecule has 0 bridgehead atoms. The van der Waals surface area contributed by atoms with Crippen LogP contribution in [0.1, 0.15) is 55.4 Å². The number of hydrogen-bond donors (Lipinski definition) is 2. The van der Waals surface area contributed by atoms with Crippen LogP contribution in [0.5, 0.6) is 0 Å². The molecule has 0 fully saturated rings. The van der Waals surface area contributed by atoms with Crippen LogP contribution < -0.4 is 0 Å². The molecule has 136 valence electrons. The molecular formula is C17H27BrN2O4. The molecule has 0 aromatic rings. The SMILES string of the molecule is CC1=C(C)C(N(C(=O)O)C(=O)O)N(C(C)(C)C)C(C(C)(C)C)=C1Br. The van der Waals surface area contributed by atoms with Gasteiger partial charge >= 0.3 is 12.2 Å². The van der Waals surface area contributed by atoms with Gasteiger partial charge in [-0.25, -0.2) is 9.59 Å². The molecule has 1 aliphatic rings. The van der Waals surface area contributed by atoms with Gasteiger partial charge in [-0.1, -0.05) is 20.8 Å². The zero-order valence-electron chi connectivity index (χ0n) is 15.6. The highest BCUT2D eigenvalue weighted by Gasteiger charge is 2.46. The lowest BCUT2D eigenvalue weighted by atomic mass is 9.82. The minimum atomic E-state index is -1.49. The maximum absolute atomic E-state index is 11.7. The van der Waals surface area contributed by atoms with Crippen LogP contribution >= 0.6 is 15.9 Å². The van der Waals surface area contributed by atoms with Gasteiger partial charge in [0.2, 0.25) is 0 Å². The van der Waals surface area contributed by atoms with E-state index in [1.807, 2.05) is 53.4 Å². The number of rotatable bonds is 1. The number of amides is 2. The Kier molecular flexibility index (Phi) is 5.50. The van der Waals surface area contributed by atoms with Crippen molar-refractivity contribution in [2.45, 2.75) is 67.1 Å². The fraction of sp³-hybridized carbons (Fsp3) is 0.647. The zero-order chi connectivity index (χ0) is 19.2. The van der Waals surface area contributed by atoms with E-state index in [9.17, 15) is 19.8 Å². The molecule has 24 heavy (non-hydrogen) atoms. The van der Waals surface area contributed by atoms with Gasteiger partial charge in [0.05, 0.1) is 0 Å². The molecule has 1 aliphatic heterocycles. The Balaban J connectivity index is 3.82. The first-order chi connectivity index (χ1) is 10.6. The lowest BCUT2D eigenvalue weighted by molar-refractivity contribution is 0.0224. The first-order valence-corrected chi connectivity index (χ1v) is 8.54. The monoisotopic (exact) mass is 402 g/mol. The van der Waals surface area contributed by atoms with Gasteiger partial charge < -0.3 is 15.1 Å². The van der Waals surface area contributed by atoms with Crippen LogP contribution in [0.2, 0.25) is 0 Å². The molecule has 0 aromatic heterocycles. The van der Waals surface area contributed by atoms with Crippen LogP contribution in [-0.2, 0) is 0 Å². The summed E-state index contributed by atoms with van der Waals surface area (Å²) in [5.41, 5.74) is 1.63. The van der Waals surface area contributed by atoms with E-state index in [0.29, 0.717) is 10.5 Å². The van der Waals surface area contributed by atoms with Gasteiger partial charge in [-0.15, -0.1) is 0 Å². The van der Waals surface area contributed by atoms with Crippen LogP contribution in [-0.4, -0.2) is 43.9 Å². The predicted octanol–water partition coefficient (Wildman–Crippen LogP) is 5.07. The molecule has 2 amide bonds. The van der Waals surface area contributed by atoms with Crippen molar-refractivity contribution < 1.29 is 19.8 Å². The van der Waals surface area contributed by atoms with E-state index in [1.54, 1.807) is 6.92 Å². The summed E-state index contributed by atoms with van der Waals surface area (Å²) >= 11 is 3.65. The molecule has 1 unspecified atom stereocenters. The van der Waals surface area contributed by atoms with Crippen LogP contribution in [0.25, 0.3) is 0 Å². The Morgan fingerprint density at radius 3 is 1.75 bits per heavy atom. The Morgan fingerprint density at radius 2 is 1.46 bits per heavy atom. The van der Waals surface area contributed by atoms with Gasteiger partial charge in [0.15, 0.2) is 0 Å². The van der Waals surface area contributed by atoms with Gasteiger partial charge in [-0.2, -0.15) is 4.90 Å². The lowest BCUT2D eigenvalue weighted by Gasteiger charge is -2.53. The van der Waals surface area contributed by atoms with Crippen LogP contribution in [0.4, 0.5) is 9.59 Å². The molecule has 1 heterocycles. The fourth-order valence-corrected chi connectivity index (χ4v) is 4.06. The third kappa shape index (κ3) is 3.61. The number of imide groups is 1. The van der Waals surface area contributed by atoms with Gasteiger partial charge in [-0.3, -0.25) is 0 Å². The average Bonchev–Trinajstić information content (AvgIpc) is 2.34. The topological polar surface area (TPSA) is 81.1 Å². The normalized spacial score (nSPS) is 19.7. The number of halogens is 1. The van der Waals surface area contributed by atoms with E-state index in [4.69, 9.17) is 0 Å². The summed E-state index contributed by atoms with van der Waals surface area (Å²) in [4.78, 5) is 25.7. The number of carboxylic acid groups (broad SMARTS) is 2. The number of hydrogen-bond acceptors (Lipinski definition) is 3. The minimum absolute atomic E-state index is 0.311. The molecule has 2 N–H and O–H groups in total. The number of allylic oxidation sites excluding steroid dienone is 3. The van der Waals surface area contributed by atoms with Crippen molar-refractivity contribution in [3.63, 3.8) is 0 Å². The molecule has 6 nitrogen and oxygen atoms in total. The van der Waals surface area contributed by atoms with Crippen LogP contribution in [0.3, 0.4) is 0 Å². The summed E-state index contributed by atoms with van der Waals surface area (Å²) < 4.78 is 0.884. The van der Waals surface area contributed by atoms with Crippen molar-refractivity contribution in [1.29, 1.82) is 0 Å². The predicted molar refractivity (Wildman–Crippen MR) is 97.1 cm³/mol. The second-order valence-corrected chi connectivity index (χ2v) is 8.86. The molecule has 1 atom stereocenters. The number of nitrogens with zero attached hydrogens (tertiary/aromatic N) is 2. The summed E-state index contributed by atoms with van der Waals surface area (Å²) in [6.07, 6.45) is -3.88. The second-order valence-electron chi connectivity index (χ2n) is 8.07. The van der Waals surface area contributed by atoms with Crippen molar-refractivity contribution >= 4 is 28.1 Å². The summed E-state index contributed by atoms with van der Waals surface area (Å²) in [6.45, 7) is 15.6. The van der Waals surface area contributed by atoms with Crippen LogP contribution in [0, 0.1) is 5.41 Å².